The van der Waals surface area contributed by atoms with Crippen molar-refractivity contribution in [1.82, 2.24) is 10.3 Å². The second kappa shape index (κ2) is 6.93. The van der Waals surface area contributed by atoms with Crippen molar-refractivity contribution in [3.8, 4) is 0 Å². The molecule has 0 bridgehead atoms. The highest BCUT2D eigenvalue weighted by Gasteiger charge is 2.32. The van der Waals surface area contributed by atoms with Crippen molar-refractivity contribution >= 4 is 34.7 Å². The summed E-state index contributed by atoms with van der Waals surface area (Å²) in [7, 11) is 1.30. The van der Waals surface area contributed by atoms with Crippen molar-refractivity contribution in [2.75, 3.05) is 7.11 Å². The number of amidine groups is 1. The zero-order valence-electron chi connectivity index (χ0n) is 13.8. The van der Waals surface area contributed by atoms with Crippen LogP contribution in [-0.4, -0.2) is 23.9 Å². The summed E-state index contributed by atoms with van der Waals surface area (Å²) < 4.78 is 18.3. The number of methoxy groups -OCH3 is 1. The molecule has 130 valence electrons. The summed E-state index contributed by atoms with van der Waals surface area (Å²) in [6, 6.07) is 3.33. The van der Waals surface area contributed by atoms with Crippen molar-refractivity contribution in [3.05, 3.63) is 62.0 Å². The number of aliphatic imine (C=N–C) groups is 1. The molecule has 0 aliphatic carbocycles. The number of esters is 1. The van der Waals surface area contributed by atoms with Gasteiger partial charge in [0.15, 0.2) is 0 Å². The van der Waals surface area contributed by atoms with Gasteiger partial charge in [0.05, 0.1) is 28.8 Å². The molecule has 1 N–H and O–H groups in total. The molecule has 8 heteroatoms. The monoisotopic (exact) mass is 379 g/mol. The molecule has 0 fully saturated rings. The highest BCUT2D eigenvalue weighted by atomic mass is 35.5. The van der Waals surface area contributed by atoms with Crippen LogP contribution in [0.25, 0.3) is 0 Å². The van der Waals surface area contributed by atoms with Crippen LogP contribution in [0, 0.1) is 12.7 Å². The minimum absolute atomic E-state index is 0.199. The number of nitrogens with one attached hydrogen (secondary N) is 1. The number of benzene rings is 1. The van der Waals surface area contributed by atoms with Crippen molar-refractivity contribution in [1.29, 1.82) is 0 Å². The van der Waals surface area contributed by atoms with E-state index in [9.17, 15) is 9.18 Å². The van der Waals surface area contributed by atoms with Gasteiger partial charge in [-0.3, -0.25) is 4.99 Å². The van der Waals surface area contributed by atoms with Crippen LogP contribution in [-0.2, 0) is 9.53 Å². The van der Waals surface area contributed by atoms with Crippen molar-refractivity contribution in [2.24, 2.45) is 4.99 Å². The second-order valence-electron chi connectivity index (χ2n) is 5.47. The first-order valence-electron chi connectivity index (χ1n) is 7.41. The van der Waals surface area contributed by atoms with E-state index in [1.165, 1.54) is 36.6 Å². The molecule has 0 spiro atoms. The fourth-order valence-corrected chi connectivity index (χ4v) is 3.67. The first-order valence-corrected chi connectivity index (χ1v) is 8.67. The molecule has 0 saturated heterocycles. The lowest BCUT2D eigenvalue weighted by Gasteiger charge is -2.26. The Morgan fingerprint density at radius 3 is 2.76 bits per heavy atom. The first-order chi connectivity index (χ1) is 11.9. The Balaban J connectivity index is 2.16. The predicted octanol–water partition coefficient (Wildman–Crippen LogP) is 3.78. The van der Waals surface area contributed by atoms with Gasteiger partial charge in [-0.1, -0.05) is 17.7 Å². The van der Waals surface area contributed by atoms with Crippen LogP contribution in [0.2, 0.25) is 5.02 Å². The predicted molar refractivity (Wildman–Crippen MR) is 95.4 cm³/mol. The number of nitrogens with zero attached hydrogens (tertiary/aromatic N) is 2. The minimum Gasteiger partial charge on any atom is -0.466 e. The van der Waals surface area contributed by atoms with Crippen molar-refractivity contribution < 1.29 is 13.9 Å². The standard InChI is InChI=1S/C17H15ClFN3O2S/c1-8-13(17(23)24-3)14(11-5-4-10(19)6-12(11)18)22-16(21-8)15-9(2)20-7-25-15/h4-7,14H,1-3H3,(H,21,22). The largest absolute Gasteiger partial charge is 0.466 e. The molecule has 1 aliphatic heterocycles. The Bertz CT molecular complexity index is 907. The smallest absolute Gasteiger partial charge is 0.338 e. The third kappa shape index (κ3) is 3.29. The van der Waals surface area contributed by atoms with Gasteiger partial charge >= 0.3 is 5.97 Å². The van der Waals surface area contributed by atoms with E-state index in [4.69, 9.17) is 16.3 Å². The SMILES string of the molecule is COC(=O)C1=C(C)NC(c2scnc2C)=NC1c1ccc(F)cc1Cl. The van der Waals surface area contributed by atoms with Gasteiger partial charge in [0.1, 0.15) is 17.7 Å². The number of hydrogen-bond acceptors (Lipinski definition) is 6. The average molecular weight is 380 g/mol. The Labute approximate surface area is 153 Å². The molecular weight excluding hydrogens is 365 g/mol. The molecule has 25 heavy (non-hydrogen) atoms. The van der Waals surface area contributed by atoms with Crippen LogP contribution in [0.5, 0.6) is 0 Å². The van der Waals surface area contributed by atoms with E-state index in [0.29, 0.717) is 22.7 Å². The lowest BCUT2D eigenvalue weighted by molar-refractivity contribution is -0.136. The van der Waals surface area contributed by atoms with E-state index in [0.717, 1.165) is 10.6 Å². The summed E-state index contributed by atoms with van der Waals surface area (Å²) in [5.41, 5.74) is 4.03. The molecule has 1 atom stereocenters. The van der Waals surface area contributed by atoms with Gasteiger partial charge in [0.25, 0.3) is 0 Å². The van der Waals surface area contributed by atoms with E-state index in [-0.39, 0.29) is 5.02 Å². The zero-order chi connectivity index (χ0) is 18.1. The first kappa shape index (κ1) is 17.6. The summed E-state index contributed by atoms with van der Waals surface area (Å²) in [4.78, 5) is 22.0. The van der Waals surface area contributed by atoms with Crippen LogP contribution < -0.4 is 5.32 Å². The molecule has 2 heterocycles. The molecule has 3 rings (SSSR count). The fourth-order valence-electron chi connectivity index (χ4n) is 2.64. The van der Waals surface area contributed by atoms with Crippen molar-refractivity contribution in [2.45, 2.75) is 19.9 Å². The Hall–Kier alpha value is -2.25. The fraction of sp³-hybridized carbons (Fsp3) is 0.235. The van der Waals surface area contributed by atoms with Gasteiger partial charge in [-0.2, -0.15) is 0 Å². The van der Waals surface area contributed by atoms with Crippen LogP contribution in [0.15, 0.2) is 40.0 Å². The third-order valence-electron chi connectivity index (χ3n) is 3.86. The number of carbonyl (C=O) groups excluding carboxylic acids is 1. The highest BCUT2D eigenvalue weighted by Crippen LogP contribution is 2.36. The van der Waals surface area contributed by atoms with Crippen LogP contribution in [0.1, 0.15) is 29.1 Å². The van der Waals surface area contributed by atoms with Gasteiger partial charge in [-0.25, -0.2) is 14.2 Å². The number of hydrogen-bond donors (Lipinski definition) is 1. The normalized spacial score (nSPS) is 17.2. The summed E-state index contributed by atoms with van der Waals surface area (Å²) in [5, 5.41) is 3.34. The molecule has 0 radical (unpaired) electrons. The maximum Gasteiger partial charge on any atom is 0.338 e. The topological polar surface area (TPSA) is 63.6 Å². The van der Waals surface area contributed by atoms with Crippen molar-refractivity contribution in [3.63, 3.8) is 0 Å². The van der Waals surface area contributed by atoms with Gasteiger partial charge < -0.3 is 10.1 Å². The lowest BCUT2D eigenvalue weighted by atomic mass is 9.95. The number of allylic oxidation sites excluding steroid dienone is 1. The maximum absolute atomic E-state index is 13.4. The Kier molecular flexibility index (Phi) is 4.87. The number of aryl methyl sites for hydroxylation is 1. The number of aromatic nitrogens is 1. The van der Waals surface area contributed by atoms with Gasteiger partial charge in [0.2, 0.25) is 0 Å². The molecule has 5 nitrogen and oxygen atoms in total. The highest BCUT2D eigenvalue weighted by molar-refractivity contribution is 7.12. The number of carbonyl (C=O) groups is 1. The Morgan fingerprint density at radius 1 is 1.40 bits per heavy atom. The van der Waals surface area contributed by atoms with Gasteiger partial charge in [-0.15, -0.1) is 11.3 Å². The summed E-state index contributed by atoms with van der Waals surface area (Å²) >= 11 is 7.65. The summed E-state index contributed by atoms with van der Waals surface area (Å²) in [5.74, 6) is -0.375. The summed E-state index contributed by atoms with van der Waals surface area (Å²) in [6.45, 7) is 3.65. The maximum atomic E-state index is 13.4. The molecule has 0 saturated carbocycles. The van der Waals surface area contributed by atoms with E-state index >= 15 is 0 Å². The molecule has 1 aromatic heterocycles. The molecular formula is C17H15ClFN3O2S. The molecule has 2 aromatic rings. The number of ether oxygens (including phenoxy) is 1. The number of thiazole rings is 1. The van der Waals surface area contributed by atoms with Gasteiger partial charge in [-0.05, 0) is 26.0 Å². The van der Waals surface area contributed by atoms with Crippen LogP contribution in [0.3, 0.4) is 0 Å². The number of halogens is 2. The molecule has 1 unspecified atom stereocenters. The zero-order valence-corrected chi connectivity index (χ0v) is 15.3. The van der Waals surface area contributed by atoms with E-state index < -0.39 is 17.8 Å². The quantitative estimate of drug-likeness (QED) is 0.824. The lowest BCUT2D eigenvalue weighted by Crippen LogP contribution is -2.32. The average Bonchev–Trinajstić information content (AvgIpc) is 2.99. The van der Waals surface area contributed by atoms with Gasteiger partial charge in [0, 0.05) is 16.3 Å². The van der Waals surface area contributed by atoms with Crippen LogP contribution in [0.4, 0.5) is 4.39 Å². The van der Waals surface area contributed by atoms with E-state index in [2.05, 4.69) is 15.3 Å². The minimum atomic E-state index is -0.696. The van der Waals surface area contributed by atoms with E-state index in [1.807, 2.05) is 6.92 Å². The second-order valence-corrected chi connectivity index (χ2v) is 6.73. The summed E-state index contributed by atoms with van der Waals surface area (Å²) in [6.07, 6.45) is 0. The van der Waals surface area contributed by atoms with Crippen LogP contribution >= 0.6 is 22.9 Å². The third-order valence-corrected chi connectivity index (χ3v) is 5.13. The molecule has 0 amide bonds. The molecule has 1 aromatic carbocycles. The Morgan fingerprint density at radius 2 is 2.16 bits per heavy atom. The number of rotatable bonds is 3. The molecule has 1 aliphatic rings. The van der Waals surface area contributed by atoms with E-state index in [1.54, 1.807) is 12.4 Å².